The monoisotopic (exact) mass is 207 g/mol. The van der Waals surface area contributed by atoms with Crippen LogP contribution < -0.4 is 0 Å². The molecule has 0 bridgehead atoms. The van der Waals surface area contributed by atoms with Gasteiger partial charge in [-0.25, -0.2) is 0 Å². The number of nitrogens with zero attached hydrogens (tertiary/aromatic N) is 1. The average molecular weight is 207 g/mol. The van der Waals surface area contributed by atoms with Crippen molar-refractivity contribution in [2.24, 2.45) is 4.99 Å². The molecule has 0 aliphatic heterocycles. The molecule has 82 valence electrons. The average Bonchev–Trinajstić information content (AvgIpc) is 2.70. The molecule has 1 aliphatic rings. The fraction of sp³-hybridized carbons (Fsp3) is 0.500. The van der Waals surface area contributed by atoms with Crippen molar-refractivity contribution in [3.8, 4) is 0 Å². The van der Waals surface area contributed by atoms with E-state index in [9.17, 15) is 9.90 Å². The van der Waals surface area contributed by atoms with Crippen LogP contribution in [-0.2, 0) is 4.79 Å². The van der Waals surface area contributed by atoms with E-state index in [0.717, 1.165) is 18.3 Å². The minimum Gasteiger partial charge on any atom is -0.385 e. The summed E-state index contributed by atoms with van der Waals surface area (Å²) in [4.78, 5) is 14.7. The third-order valence-corrected chi connectivity index (χ3v) is 2.42. The molecular weight excluding hydrogens is 190 g/mol. The van der Waals surface area contributed by atoms with Crippen molar-refractivity contribution in [1.29, 1.82) is 0 Å². The summed E-state index contributed by atoms with van der Waals surface area (Å²) < 4.78 is 0. The van der Waals surface area contributed by atoms with Crippen LogP contribution in [0.5, 0.6) is 0 Å². The van der Waals surface area contributed by atoms with Crippen LogP contribution in [0.2, 0.25) is 0 Å². The maximum atomic E-state index is 10.7. The third-order valence-electron chi connectivity index (χ3n) is 2.42. The number of aldehydes is 1. The van der Waals surface area contributed by atoms with E-state index < -0.39 is 5.60 Å². The van der Waals surface area contributed by atoms with Crippen molar-refractivity contribution in [3.63, 3.8) is 0 Å². The highest BCUT2D eigenvalue weighted by Crippen LogP contribution is 2.26. The molecule has 15 heavy (non-hydrogen) atoms. The molecule has 0 saturated heterocycles. The second-order valence-corrected chi connectivity index (χ2v) is 3.83. The molecule has 3 heteroatoms. The highest BCUT2D eigenvalue weighted by atomic mass is 16.3. The van der Waals surface area contributed by atoms with Gasteiger partial charge in [-0.05, 0) is 25.8 Å². The highest BCUT2D eigenvalue weighted by Gasteiger charge is 2.26. The van der Waals surface area contributed by atoms with Gasteiger partial charge in [0.05, 0.1) is 11.3 Å². The molecule has 0 aromatic rings. The van der Waals surface area contributed by atoms with Crippen LogP contribution in [0.3, 0.4) is 0 Å². The minimum absolute atomic E-state index is 0.278. The van der Waals surface area contributed by atoms with E-state index in [0.29, 0.717) is 12.3 Å². The van der Waals surface area contributed by atoms with Crippen molar-refractivity contribution >= 4 is 12.0 Å². The Bertz CT molecular complexity index is 325. The van der Waals surface area contributed by atoms with Gasteiger partial charge in [0, 0.05) is 13.0 Å². The van der Waals surface area contributed by atoms with E-state index >= 15 is 0 Å². The van der Waals surface area contributed by atoms with Gasteiger partial charge in [0.1, 0.15) is 0 Å². The molecule has 0 aromatic carbocycles. The summed E-state index contributed by atoms with van der Waals surface area (Å²) in [5.41, 5.74) is 0.305. The van der Waals surface area contributed by atoms with Gasteiger partial charge in [-0.3, -0.25) is 9.79 Å². The van der Waals surface area contributed by atoms with Crippen molar-refractivity contribution in [1.82, 2.24) is 0 Å². The van der Waals surface area contributed by atoms with Crippen LogP contribution in [0, 0.1) is 0 Å². The molecule has 0 amide bonds. The number of carbonyl (C=O) groups excluding carboxylic acids is 1. The Morgan fingerprint density at radius 1 is 1.73 bits per heavy atom. The molecule has 1 rings (SSSR count). The molecular formula is C12H17NO2. The lowest BCUT2D eigenvalue weighted by Crippen LogP contribution is -2.30. The number of aliphatic hydroxyl groups is 1. The molecule has 0 fully saturated rings. The first kappa shape index (κ1) is 11.9. The van der Waals surface area contributed by atoms with Crippen LogP contribution in [0.25, 0.3) is 0 Å². The lowest BCUT2D eigenvalue weighted by atomic mass is 9.91. The van der Waals surface area contributed by atoms with Crippen molar-refractivity contribution in [2.45, 2.75) is 32.3 Å². The number of carbonyl (C=O) groups is 1. The Labute approximate surface area is 90.2 Å². The molecule has 0 radical (unpaired) electrons. The van der Waals surface area contributed by atoms with Gasteiger partial charge < -0.3 is 5.11 Å². The molecule has 1 unspecified atom stereocenters. The first-order chi connectivity index (χ1) is 7.10. The second kappa shape index (κ2) is 5.03. The number of allylic oxidation sites excluding steroid dienone is 2. The van der Waals surface area contributed by atoms with Crippen molar-refractivity contribution < 1.29 is 9.90 Å². The summed E-state index contributed by atoms with van der Waals surface area (Å²) in [5.74, 6) is 0. The number of hydrogen-bond acceptors (Lipinski definition) is 3. The largest absolute Gasteiger partial charge is 0.385 e. The normalized spacial score (nSPS) is 19.9. The van der Waals surface area contributed by atoms with Crippen molar-refractivity contribution in [2.75, 3.05) is 6.54 Å². The van der Waals surface area contributed by atoms with Crippen LogP contribution in [0.1, 0.15) is 26.7 Å². The van der Waals surface area contributed by atoms with E-state index in [1.54, 1.807) is 6.92 Å². The Hall–Kier alpha value is -1.22. The van der Waals surface area contributed by atoms with Gasteiger partial charge in [-0.1, -0.05) is 18.2 Å². The smallest absolute Gasteiger partial charge is 0.163 e. The maximum absolute atomic E-state index is 10.7. The summed E-state index contributed by atoms with van der Waals surface area (Å²) in [6, 6.07) is 0. The summed E-state index contributed by atoms with van der Waals surface area (Å²) in [7, 11) is 0. The van der Waals surface area contributed by atoms with E-state index in [1.807, 2.05) is 25.2 Å². The van der Waals surface area contributed by atoms with Crippen LogP contribution in [0.4, 0.5) is 0 Å². The molecule has 0 heterocycles. The molecule has 1 N–H and O–H groups in total. The van der Waals surface area contributed by atoms with Crippen LogP contribution >= 0.6 is 0 Å². The quantitative estimate of drug-likeness (QED) is 0.550. The molecule has 1 aliphatic carbocycles. The Morgan fingerprint density at radius 3 is 2.93 bits per heavy atom. The van der Waals surface area contributed by atoms with Crippen LogP contribution in [0.15, 0.2) is 28.8 Å². The first-order valence-electron chi connectivity index (χ1n) is 5.18. The zero-order valence-electron chi connectivity index (χ0n) is 9.23. The van der Waals surface area contributed by atoms with E-state index in [2.05, 4.69) is 4.99 Å². The summed E-state index contributed by atoms with van der Waals surface area (Å²) in [6.45, 7) is 4.15. The fourth-order valence-corrected chi connectivity index (χ4v) is 1.65. The second-order valence-electron chi connectivity index (χ2n) is 3.83. The fourth-order valence-electron chi connectivity index (χ4n) is 1.65. The van der Waals surface area contributed by atoms with Crippen molar-refractivity contribution in [3.05, 3.63) is 23.8 Å². The number of rotatable bonds is 5. The molecule has 3 nitrogen and oxygen atoms in total. The Kier molecular flexibility index (Phi) is 3.97. The SMILES string of the molecule is CCN=C(C=O)CC(C)(O)C1=CCC=C1. The van der Waals surface area contributed by atoms with Gasteiger partial charge in [0.2, 0.25) is 0 Å². The van der Waals surface area contributed by atoms with Gasteiger partial charge in [0.15, 0.2) is 6.29 Å². The summed E-state index contributed by atoms with van der Waals surface area (Å²) in [5, 5.41) is 10.2. The molecule has 0 aromatic heterocycles. The summed E-state index contributed by atoms with van der Waals surface area (Å²) in [6.07, 6.45) is 7.70. The zero-order chi connectivity index (χ0) is 11.3. The lowest BCUT2D eigenvalue weighted by Gasteiger charge is -2.23. The Morgan fingerprint density at radius 2 is 2.47 bits per heavy atom. The maximum Gasteiger partial charge on any atom is 0.163 e. The van der Waals surface area contributed by atoms with Gasteiger partial charge in [0.25, 0.3) is 0 Å². The Balaban J connectivity index is 2.74. The zero-order valence-corrected chi connectivity index (χ0v) is 9.23. The molecule has 1 atom stereocenters. The standard InChI is InChI=1S/C12H17NO2/c1-3-13-11(9-14)8-12(2,15)10-6-4-5-7-10/h4,6-7,9,15H,3,5,8H2,1-2H3. The van der Waals surface area contributed by atoms with E-state index in [4.69, 9.17) is 0 Å². The number of aliphatic imine (C=N–C) groups is 1. The molecule has 0 saturated carbocycles. The highest BCUT2D eigenvalue weighted by molar-refractivity contribution is 6.28. The van der Waals surface area contributed by atoms with E-state index in [-0.39, 0.29) is 6.42 Å². The van der Waals surface area contributed by atoms with E-state index in [1.165, 1.54) is 0 Å². The third kappa shape index (κ3) is 3.13. The lowest BCUT2D eigenvalue weighted by molar-refractivity contribution is -0.103. The first-order valence-corrected chi connectivity index (χ1v) is 5.18. The van der Waals surface area contributed by atoms with Gasteiger partial charge >= 0.3 is 0 Å². The number of hydrogen-bond donors (Lipinski definition) is 1. The molecule has 0 spiro atoms. The van der Waals surface area contributed by atoms with Crippen LogP contribution in [-0.4, -0.2) is 29.3 Å². The topological polar surface area (TPSA) is 49.7 Å². The predicted octanol–water partition coefficient (Wildman–Crippen LogP) is 1.67. The van der Waals surface area contributed by atoms with Gasteiger partial charge in [-0.15, -0.1) is 0 Å². The van der Waals surface area contributed by atoms with Gasteiger partial charge in [-0.2, -0.15) is 0 Å². The predicted molar refractivity (Wildman–Crippen MR) is 61.1 cm³/mol. The minimum atomic E-state index is -0.984. The summed E-state index contributed by atoms with van der Waals surface area (Å²) >= 11 is 0.